The number of hydrogen-bond donors (Lipinski definition) is 2. The van der Waals surface area contributed by atoms with E-state index in [4.69, 9.17) is 0 Å². The van der Waals surface area contributed by atoms with Gasteiger partial charge in [0.15, 0.2) is 5.82 Å². The number of nitro benzene ring substituents is 1. The molecule has 0 fully saturated rings. The Balaban J connectivity index is 2.51. The Morgan fingerprint density at radius 1 is 1.40 bits per heavy atom. The average Bonchev–Trinajstić information content (AvgIpc) is 2.28. The van der Waals surface area contributed by atoms with Crippen molar-refractivity contribution in [3.63, 3.8) is 0 Å². The summed E-state index contributed by atoms with van der Waals surface area (Å²) in [5, 5.41) is 16.0. The molecule has 0 heterocycles. The Labute approximate surface area is 116 Å². The predicted molar refractivity (Wildman–Crippen MR) is 74.1 cm³/mol. The number of halogens is 1. The van der Waals surface area contributed by atoms with E-state index in [1.54, 1.807) is 0 Å². The molecule has 0 atom stereocenters. The van der Waals surface area contributed by atoms with Crippen molar-refractivity contribution < 1.29 is 14.1 Å². The van der Waals surface area contributed by atoms with Crippen LogP contribution in [-0.2, 0) is 4.79 Å². The minimum atomic E-state index is -0.713. The van der Waals surface area contributed by atoms with Crippen molar-refractivity contribution >= 4 is 17.3 Å². The van der Waals surface area contributed by atoms with Gasteiger partial charge in [0.05, 0.1) is 16.7 Å². The van der Waals surface area contributed by atoms with E-state index in [-0.39, 0.29) is 35.8 Å². The summed E-state index contributed by atoms with van der Waals surface area (Å²) in [5.41, 5.74) is -0.479. The van der Waals surface area contributed by atoms with Gasteiger partial charge in [-0.1, -0.05) is 0 Å². The van der Waals surface area contributed by atoms with Gasteiger partial charge in [-0.15, -0.1) is 0 Å². The van der Waals surface area contributed by atoms with Crippen molar-refractivity contribution in [2.75, 3.05) is 11.9 Å². The first kappa shape index (κ1) is 15.9. The van der Waals surface area contributed by atoms with Crippen LogP contribution < -0.4 is 10.6 Å². The maximum absolute atomic E-state index is 13.5. The molecule has 0 bridgehead atoms. The molecule has 1 amide bonds. The topological polar surface area (TPSA) is 84.3 Å². The summed E-state index contributed by atoms with van der Waals surface area (Å²) in [6.07, 6.45) is 0.188. The average molecular weight is 283 g/mol. The summed E-state index contributed by atoms with van der Waals surface area (Å²) in [4.78, 5) is 21.3. The van der Waals surface area contributed by atoms with Crippen LogP contribution in [0.4, 0.5) is 15.8 Å². The molecule has 0 spiro atoms. The first-order valence-electron chi connectivity index (χ1n) is 6.18. The number of carbonyl (C=O) groups excluding carboxylic acids is 1. The zero-order valence-electron chi connectivity index (χ0n) is 11.7. The summed E-state index contributed by atoms with van der Waals surface area (Å²) >= 11 is 0. The molecule has 0 aromatic heterocycles. The van der Waals surface area contributed by atoms with Crippen LogP contribution in [0.25, 0.3) is 0 Å². The van der Waals surface area contributed by atoms with E-state index in [0.29, 0.717) is 0 Å². The van der Waals surface area contributed by atoms with E-state index in [1.165, 1.54) is 12.1 Å². The fourth-order valence-electron chi connectivity index (χ4n) is 1.55. The minimum Gasteiger partial charge on any atom is -0.382 e. The quantitative estimate of drug-likeness (QED) is 0.642. The van der Waals surface area contributed by atoms with E-state index in [1.807, 2.05) is 20.8 Å². The highest BCUT2D eigenvalue weighted by Crippen LogP contribution is 2.20. The number of nitrogens with one attached hydrogen (secondary N) is 2. The van der Waals surface area contributed by atoms with Gasteiger partial charge in [0.1, 0.15) is 0 Å². The van der Waals surface area contributed by atoms with Crippen molar-refractivity contribution in [2.24, 2.45) is 0 Å². The van der Waals surface area contributed by atoms with E-state index in [9.17, 15) is 19.3 Å². The first-order chi connectivity index (χ1) is 9.19. The summed E-state index contributed by atoms with van der Waals surface area (Å²) in [6, 6.07) is 3.34. The molecule has 20 heavy (non-hydrogen) atoms. The highest BCUT2D eigenvalue weighted by molar-refractivity contribution is 5.77. The van der Waals surface area contributed by atoms with E-state index < -0.39 is 10.7 Å². The number of rotatable bonds is 5. The monoisotopic (exact) mass is 283 g/mol. The predicted octanol–water partition coefficient (Wildman–Crippen LogP) is 2.45. The lowest BCUT2D eigenvalue weighted by Gasteiger charge is -2.20. The van der Waals surface area contributed by atoms with Crippen molar-refractivity contribution in [3.8, 4) is 0 Å². The number of benzene rings is 1. The zero-order valence-corrected chi connectivity index (χ0v) is 11.7. The number of nitro groups is 1. The lowest BCUT2D eigenvalue weighted by Crippen LogP contribution is -2.41. The molecule has 1 aromatic rings. The fraction of sp³-hybridized carbons (Fsp3) is 0.462. The Hall–Kier alpha value is -2.18. The van der Waals surface area contributed by atoms with Crippen molar-refractivity contribution in [1.82, 2.24) is 5.32 Å². The SMILES string of the molecule is CC(C)(C)NC(=O)CCNc1ccc([N+](=O)[O-])cc1F. The molecular weight excluding hydrogens is 265 g/mol. The molecule has 1 aromatic carbocycles. The number of anilines is 1. The molecule has 0 aliphatic heterocycles. The Morgan fingerprint density at radius 3 is 2.55 bits per heavy atom. The summed E-state index contributed by atoms with van der Waals surface area (Å²) in [6.45, 7) is 5.85. The van der Waals surface area contributed by atoms with Gasteiger partial charge in [-0.25, -0.2) is 4.39 Å². The molecule has 0 saturated carbocycles. The third-order valence-electron chi connectivity index (χ3n) is 2.35. The molecule has 0 unspecified atom stereocenters. The smallest absolute Gasteiger partial charge is 0.272 e. The minimum absolute atomic E-state index is 0.138. The molecule has 2 N–H and O–H groups in total. The molecule has 0 aliphatic carbocycles. The normalized spacial score (nSPS) is 11.0. The van der Waals surface area contributed by atoms with Crippen molar-refractivity contribution in [3.05, 3.63) is 34.1 Å². The van der Waals surface area contributed by atoms with Crippen LogP contribution in [0.5, 0.6) is 0 Å². The highest BCUT2D eigenvalue weighted by atomic mass is 19.1. The Morgan fingerprint density at radius 2 is 2.05 bits per heavy atom. The molecular formula is C13H18FN3O3. The second kappa shape index (κ2) is 6.31. The van der Waals surface area contributed by atoms with Gasteiger partial charge in [-0.3, -0.25) is 14.9 Å². The van der Waals surface area contributed by atoms with Crippen LogP contribution in [0.1, 0.15) is 27.2 Å². The highest BCUT2D eigenvalue weighted by Gasteiger charge is 2.14. The second-order valence-corrected chi connectivity index (χ2v) is 5.40. The number of amides is 1. The van der Waals surface area contributed by atoms with Gasteiger partial charge < -0.3 is 10.6 Å². The van der Waals surface area contributed by atoms with Crippen LogP contribution in [0.2, 0.25) is 0 Å². The van der Waals surface area contributed by atoms with Gasteiger partial charge in [0.2, 0.25) is 5.91 Å². The van der Waals surface area contributed by atoms with Crippen LogP contribution in [-0.4, -0.2) is 22.9 Å². The summed E-state index contributed by atoms with van der Waals surface area (Å²) in [5.74, 6) is -0.859. The molecule has 6 nitrogen and oxygen atoms in total. The lowest BCUT2D eigenvalue weighted by molar-refractivity contribution is -0.385. The Bertz CT molecular complexity index is 512. The molecule has 0 radical (unpaired) electrons. The number of non-ortho nitro benzene ring substituents is 1. The van der Waals surface area contributed by atoms with Crippen molar-refractivity contribution in [1.29, 1.82) is 0 Å². The van der Waals surface area contributed by atoms with E-state index in [0.717, 1.165) is 6.07 Å². The van der Waals surface area contributed by atoms with Gasteiger partial charge in [0, 0.05) is 24.6 Å². The lowest BCUT2D eigenvalue weighted by atomic mass is 10.1. The van der Waals surface area contributed by atoms with E-state index in [2.05, 4.69) is 10.6 Å². The number of carbonyl (C=O) groups is 1. The number of nitrogens with zero attached hydrogens (tertiary/aromatic N) is 1. The fourth-order valence-corrected chi connectivity index (χ4v) is 1.55. The maximum Gasteiger partial charge on any atom is 0.272 e. The van der Waals surface area contributed by atoms with Crippen LogP contribution in [0.3, 0.4) is 0 Å². The maximum atomic E-state index is 13.5. The van der Waals surface area contributed by atoms with Crippen LogP contribution >= 0.6 is 0 Å². The molecule has 7 heteroatoms. The first-order valence-corrected chi connectivity index (χ1v) is 6.18. The molecule has 110 valence electrons. The summed E-state index contributed by atoms with van der Waals surface area (Å²) in [7, 11) is 0. The Kier molecular flexibility index (Phi) is 5.01. The second-order valence-electron chi connectivity index (χ2n) is 5.40. The van der Waals surface area contributed by atoms with Gasteiger partial charge in [-0.05, 0) is 26.8 Å². The standard InChI is InChI=1S/C13H18FN3O3/c1-13(2,3)16-12(18)6-7-15-11-5-4-9(17(19)20)8-10(11)14/h4-5,8,15H,6-7H2,1-3H3,(H,16,18). The van der Waals surface area contributed by atoms with Gasteiger partial charge >= 0.3 is 0 Å². The summed E-state index contributed by atoms with van der Waals surface area (Å²) < 4.78 is 13.5. The zero-order chi connectivity index (χ0) is 15.3. The van der Waals surface area contributed by atoms with Crippen LogP contribution in [0, 0.1) is 15.9 Å². The van der Waals surface area contributed by atoms with Crippen LogP contribution in [0.15, 0.2) is 18.2 Å². The third-order valence-corrected chi connectivity index (χ3v) is 2.35. The molecule has 0 aliphatic rings. The molecule has 0 saturated heterocycles. The largest absolute Gasteiger partial charge is 0.382 e. The number of hydrogen-bond acceptors (Lipinski definition) is 4. The molecule has 1 rings (SSSR count). The van der Waals surface area contributed by atoms with Gasteiger partial charge in [0.25, 0.3) is 5.69 Å². The van der Waals surface area contributed by atoms with Gasteiger partial charge in [-0.2, -0.15) is 0 Å². The van der Waals surface area contributed by atoms with E-state index >= 15 is 0 Å². The third kappa shape index (κ3) is 5.21. The van der Waals surface area contributed by atoms with Crippen molar-refractivity contribution in [2.45, 2.75) is 32.7 Å².